The number of carbonyl (C=O) groups is 1. The van der Waals surface area contributed by atoms with Crippen LogP contribution in [0.1, 0.15) is 15.2 Å². The van der Waals surface area contributed by atoms with E-state index < -0.39 is 17.6 Å². The number of ether oxygens (including phenoxy) is 1. The predicted molar refractivity (Wildman–Crippen MR) is 71.9 cm³/mol. The van der Waals surface area contributed by atoms with Gasteiger partial charge in [-0.15, -0.1) is 11.3 Å². The first kappa shape index (κ1) is 14.0. The van der Waals surface area contributed by atoms with Crippen LogP contribution < -0.4 is 5.73 Å². The summed E-state index contributed by atoms with van der Waals surface area (Å²) in [5.74, 6) is -2.79. The largest absolute Gasteiger partial charge is 0.456 e. The summed E-state index contributed by atoms with van der Waals surface area (Å²) in [5.41, 5.74) is 4.60. The highest BCUT2D eigenvalue weighted by Crippen LogP contribution is 2.24. The third kappa shape index (κ3) is 3.10. The molecule has 0 aliphatic rings. The van der Waals surface area contributed by atoms with Gasteiger partial charge in [0.15, 0.2) is 0 Å². The molecule has 0 spiro atoms. The van der Waals surface area contributed by atoms with E-state index >= 15 is 0 Å². The number of benzene rings is 1. The van der Waals surface area contributed by atoms with Crippen LogP contribution in [-0.2, 0) is 11.3 Å². The Kier molecular flexibility index (Phi) is 4.16. The van der Waals surface area contributed by atoms with Crippen molar-refractivity contribution in [2.45, 2.75) is 6.61 Å². The van der Waals surface area contributed by atoms with Gasteiger partial charge in [0.2, 0.25) is 0 Å². The Bertz CT molecular complexity index is 630. The van der Waals surface area contributed by atoms with Crippen molar-refractivity contribution in [2.24, 2.45) is 0 Å². The van der Waals surface area contributed by atoms with Crippen LogP contribution in [0.2, 0.25) is 0 Å². The van der Waals surface area contributed by atoms with Gasteiger partial charge in [-0.3, -0.25) is 0 Å². The highest BCUT2D eigenvalue weighted by Gasteiger charge is 2.17. The smallest absolute Gasteiger partial charge is 0.341 e. The summed E-state index contributed by atoms with van der Waals surface area (Å²) in [6.45, 7) is 0.00774. The van der Waals surface area contributed by atoms with Crippen LogP contribution >= 0.6 is 27.3 Å². The van der Waals surface area contributed by atoms with E-state index in [2.05, 4.69) is 15.9 Å². The standard InChI is InChI=1S/C12H8BrF2NO2S/c13-7-1-2-19-11(7)5-18-12(17)6-3-10(16)9(15)4-8(6)14/h1-4H,5,16H2. The summed E-state index contributed by atoms with van der Waals surface area (Å²) in [6.07, 6.45) is 0. The fourth-order valence-corrected chi connectivity index (χ4v) is 2.74. The maximum atomic E-state index is 13.4. The SMILES string of the molecule is Nc1cc(C(=O)OCc2sccc2Br)c(F)cc1F. The Labute approximate surface area is 120 Å². The van der Waals surface area contributed by atoms with E-state index in [4.69, 9.17) is 10.5 Å². The monoisotopic (exact) mass is 347 g/mol. The molecule has 0 bridgehead atoms. The van der Waals surface area contributed by atoms with E-state index in [9.17, 15) is 13.6 Å². The van der Waals surface area contributed by atoms with Crippen molar-refractivity contribution in [1.29, 1.82) is 0 Å². The molecule has 100 valence electrons. The summed E-state index contributed by atoms with van der Waals surface area (Å²) in [7, 11) is 0. The molecule has 1 aromatic heterocycles. The number of halogens is 3. The normalized spacial score (nSPS) is 10.5. The van der Waals surface area contributed by atoms with Crippen molar-refractivity contribution in [3.63, 3.8) is 0 Å². The van der Waals surface area contributed by atoms with Crippen molar-refractivity contribution in [3.05, 3.63) is 50.1 Å². The van der Waals surface area contributed by atoms with Gasteiger partial charge in [-0.2, -0.15) is 0 Å². The number of nitrogen functional groups attached to an aromatic ring is 1. The van der Waals surface area contributed by atoms with E-state index in [1.807, 2.05) is 11.4 Å². The van der Waals surface area contributed by atoms with E-state index in [1.54, 1.807) is 0 Å². The van der Waals surface area contributed by atoms with Crippen molar-refractivity contribution in [3.8, 4) is 0 Å². The zero-order valence-electron chi connectivity index (χ0n) is 9.45. The third-order valence-corrected chi connectivity index (χ3v) is 4.23. The first-order chi connectivity index (χ1) is 8.99. The molecular formula is C12H8BrF2NO2S. The number of anilines is 1. The molecule has 0 unspecified atom stereocenters. The number of thiophene rings is 1. The lowest BCUT2D eigenvalue weighted by Crippen LogP contribution is -2.09. The van der Waals surface area contributed by atoms with Crippen LogP contribution in [0.4, 0.5) is 14.5 Å². The van der Waals surface area contributed by atoms with Crippen molar-refractivity contribution in [1.82, 2.24) is 0 Å². The number of nitrogens with two attached hydrogens (primary N) is 1. The van der Waals surface area contributed by atoms with E-state index in [0.717, 1.165) is 15.4 Å². The fraction of sp³-hybridized carbons (Fsp3) is 0.0833. The summed E-state index contributed by atoms with van der Waals surface area (Å²) < 4.78 is 32.1. The maximum Gasteiger partial charge on any atom is 0.341 e. The average Bonchev–Trinajstić information content (AvgIpc) is 2.76. The topological polar surface area (TPSA) is 52.3 Å². The minimum absolute atomic E-state index is 0.00774. The van der Waals surface area contributed by atoms with Crippen LogP contribution in [0, 0.1) is 11.6 Å². The second kappa shape index (κ2) is 5.66. The Morgan fingerprint density at radius 3 is 2.74 bits per heavy atom. The summed E-state index contributed by atoms with van der Waals surface area (Å²) in [4.78, 5) is 12.5. The quantitative estimate of drug-likeness (QED) is 0.679. The van der Waals surface area contributed by atoms with Gasteiger partial charge in [0.1, 0.15) is 18.2 Å². The molecular weight excluding hydrogens is 340 g/mol. The van der Waals surface area contributed by atoms with Crippen LogP contribution in [0.15, 0.2) is 28.1 Å². The van der Waals surface area contributed by atoms with Gasteiger partial charge < -0.3 is 10.5 Å². The number of carbonyl (C=O) groups excluding carboxylic acids is 1. The zero-order chi connectivity index (χ0) is 14.0. The molecule has 0 atom stereocenters. The van der Waals surface area contributed by atoms with E-state index in [0.29, 0.717) is 6.07 Å². The molecule has 1 heterocycles. The summed E-state index contributed by atoms with van der Waals surface area (Å²) >= 11 is 4.68. The molecule has 0 amide bonds. The number of esters is 1. The van der Waals surface area contributed by atoms with Gasteiger partial charge in [0.25, 0.3) is 0 Å². The Morgan fingerprint density at radius 2 is 2.11 bits per heavy atom. The van der Waals surface area contributed by atoms with Crippen LogP contribution in [0.5, 0.6) is 0 Å². The van der Waals surface area contributed by atoms with Gasteiger partial charge >= 0.3 is 5.97 Å². The van der Waals surface area contributed by atoms with Gasteiger partial charge in [0, 0.05) is 10.5 Å². The second-order valence-electron chi connectivity index (χ2n) is 3.62. The van der Waals surface area contributed by atoms with Gasteiger partial charge in [-0.05, 0) is 33.4 Å². The first-order valence-electron chi connectivity index (χ1n) is 5.12. The Hall–Kier alpha value is -1.47. The summed E-state index contributed by atoms with van der Waals surface area (Å²) in [5, 5.41) is 1.82. The Balaban J connectivity index is 2.12. The fourth-order valence-electron chi connectivity index (χ4n) is 1.36. The molecule has 0 saturated heterocycles. The molecule has 3 nitrogen and oxygen atoms in total. The molecule has 0 fully saturated rings. The molecule has 0 radical (unpaired) electrons. The molecule has 0 saturated carbocycles. The van der Waals surface area contributed by atoms with Gasteiger partial charge in [0.05, 0.1) is 16.1 Å². The Morgan fingerprint density at radius 1 is 1.37 bits per heavy atom. The maximum absolute atomic E-state index is 13.4. The molecule has 7 heteroatoms. The highest BCUT2D eigenvalue weighted by molar-refractivity contribution is 9.10. The first-order valence-corrected chi connectivity index (χ1v) is 6.80. The molecule has 0 aliphatic heterocycles. The molecule has 2 rings (SSSR count). The number of hydrogen-bond acceptors (Lipinski definition) is 4. The summed E-state index contributed by atoms with van der Waals surface area (Å²) in [6, 6.07) is 3.30. The highest BCUT2D eigenvalue weighted by atomic mass is 79.9. The van der Waals surface area contributed by atoms with Crippen molar-refractivity contribution in [2.75, 3.05) is 5.73 Å². The van der Waals surface area contributed by atoms with Gasteiger partial charge in [-0.1, -0.05) is 0 Å². The van der Waals surface area contributed by atoms with Crippen LogP contribution in [0.25, 0.3) is 0 Å². The lowest BCUT2D eigenvalue weighted by atomic mass is 10.2. The van der Waals surface area contributed by atoms with Crippen molar-refractivity contribution >= 4 is 38.9 Å². The van der Waals surface area contributed by atoms with E-state index in [-0.39, 0.29) is 17.9 Å². The van der Waals surface area contributed by atoms with Gasteiger partial charge in [-0.25, -0.2) is 13.6 Å². The molecule has 0 aliphatic carbocycles. The second-order valence-corrected chi connectivity index (χ2v) is 5.48. The van der Waals surface area contributed by atoms with E-state index in [1.165, 1.54) is 11.3 Å². The predicted octanol–water partition coefficient (Wildman–Crippen LogP) is 3.73. The molecule has 19 heavy (non-hydrogen) atoms. The number of rotatable bonds is 3. The lowest BCUT2D eigenvalue weighted by molar-refractivity contribution is 0.0470. The average molecular weight is 348 g/mol. The minimum Gasteiger partial charge on any atom is -0.456 e. The van der Waals surface area contributed by atoms with Crippen molar-refractivity contribution < 1.29 is 18.3 Å². The third-order valence-electron chi connectivity index (χ3n) is 2.33. The molecule has 2 N–H and O–H groups in total. The molecule has 2 aromatic rings. The zero-order valence-corrected chi connectivity index (χ0v) is 11.9. The van der Waals surface area contributed by atoms with Crippen LogP contribution in [-0.4, -0.2) is 5.97 Å². The lowest BCUT2D eigenvalue weighted by Gasteiger charge is -2.06. The minimum atomic E-state index is -0.998. The molecule has 1 aromatic carbocycles. The van der Waals surface area contributed by atoms with Crippen LogP contribution in [0.3, 0.4) is 0 Å². The number of hydrogen-bond donors (Lipinski definition) is 1.